The molecule has 6 heteroatoms. The first kappa shape index (κ1) is 19.1. The van der Waals surface area contributed by atoms with E-state index in [1.165, 1.54) is 0 Å². The molecule has 0 atom stereocenters. The number of hydrogen-bond donors (Lipinski definition) is 2. The first-order chi connectivity index (χ1) is 13.7. The van der Waals surface area contributed by atoms with Gasteiger partial charge in [-0.25, -0.2) is 4.98 Å². The van der Waals surface area contributed by atoms with E-state index in [2.05, 4.69) is 15.6 Å². The lowest BCUT2D eigenvalue weighted by Crippen LogP contribution is -2.25. The van der Waals surface area contributed by atoms with E-state index in [0.29, 0.717) is 24.6 Å². The van der Waals surface area contributed by atoms with E-state index in [-0.39, 0.29) is 17.3 Å². The van der Waals surface area contributed by atoms with E-state index in [0.717, 1.165) is 5.56 Å². The smallest absolute Gasteiger partial charge is 0.274 e. The predicted octanol–water partition coefficient (Wildman–Crippen LogP) is 3.66. The van der Waals surface area contributed by atoms with Gasteiger partial charge in [0.15, 0.2) is 0 Å². The maximum Gasteiger partial charge on any atom is 0.274 e. The Kier molecular flexibility index (Phi) is 6.36. The van der Waals surface area contributed by atoms with Crippen molar-refractivity contribution in [2.75, 3.05) is 11.9 Å². The number of amides is 2. The quantitative estimate of drug-likeness (QED) is 0.660. The van der Waals surface area contributed by atoms with Gasteiger partial charge in [-0.15, -0.1) is 0 Å². The highest BCUT2D eigenvalue weighted by Gasteiger charge is 2.14. The third kappa shape index (κ3) is 4.94. The molecule has 0 saturated heterocycles. The molecule has 0 radical (unpaired) electrons. The van der Waals surface area contributed by atoms with Crippen molar-refractivity contribution in [3.05, 3.63) is 89.7 Å². The number of nitrogens with one attached hydrogen (secondary N) is 2. The highest BCUT2D eigenvalue weighted by molar-refractivity contribution is 6.04. The molecule has 2 aromatic carbocycles. The largest absolute Gasteiger partial charge is 0.492 e. The Morgan fingerprint density at radius 1 is 0.857 bits per heavy atom. The average Bonchev–Trinajstić information content (AvgIpc) is 2.74. The summed E-state index contributed by atoms with van der Waals surface area (Å²) in [5.41, 5.74) is 1.87. The summed E-state index contributed by atoms with van der Waals surface area (Å²) in [4.78, 5) is 29.1. The van der Waals surface area contributed by atoms with Crippen LogP contribution in [0.25, 0.3) is 0 Å². The third-order valence-electron chi connectivity index (χ3n) is 3.95. The van der Waals surface area contributed by atoms with Crippen molar-refractivity contribution < 1.29 is 14.3 Å². The van der Waals surface area contributed by atoms with Gasteiger partial charge in [-0.2, -0.15) is 0 Å². The molecule has 0 spiro atoms. The van der Waals surface area contributed by atoms with Crippen LogP contribution in [0.3, 0.4) is 0 Å². The fourth-order valence-corrected chi connectivity index (χ4v) is 2.59. The molecule has 28 heavy (non-hydrogen) atoms. The standard InChI is InChI=1S/C22H21N3O3/c1-2-28-20-14-7-6-11-17(20)25-22(27)19-13-8-12-18(24-19)21(26)23-15-16-9-4-3-5-10-16/h3-14H,2,15H2,1H3,(H,23,26)(H,25,27). The molecule has 0 saturated carbocycles. The molecule has 3 aromatic rings. The summed E-state index contributed by atoms with van der Waals surface area (Å²) in [6, 6.07) is 21.5. The van der Waals surface area contributed by atoms with Gasteiger partial charge in [-0.3, -0.25) is 9.59 Å². The van der Waals surface area contributed by atoms with Crippen LogP contribution in [0.5, 0.6) is 5.75 Å². The number of carbonyl (C=O) groups excluding carboxylic acids is 2. The van der Waals surface area contributed by atoms with Gasteiger partial charge in [-0.1, -0.05) is 48.5 Å². The molecule has 3 rings (SSSR count). The minimum absolute atomic E-state index is 0.152. The molecule has 2 amide bonds. The van der Waals surface area contributed by atoms with E-state index in [9.17, 15) is 9.59 Å². The summed E-state index contributed by atoms with van der Waals surface area (Å²) in [5.74, 6) is -0.173. The Hall–Kier alpha value is -3.67. The predicted molar refractivity (Wildman–Crippen MR) is 107 cm³/mol. The molecule has 0 aliphatic carbocycles. The molecular weight excluding hydrogens is 354 g/mol. The van der Waals surface area contributed by atoms with Crippen LogP contribution in [-0.2, 0) is 6.54 Å². The molecule has 0 aliphatic heterocycles. The molecule has 0 unspecified atom stereocenters. The lowest BCUT2D eigenvalue weighted by atomic mass is 10.2. The van der Waals surface area contributed by atoms with Crippen molar-refractivity contribution in [2.45, 2.75) is 13.5 Å². The van der Waals surface area contributed by atoms with E-state index in [1.54, 1.807) is 36.4 Å². The molecule has 0 aliphatic rings. The molecule has 2 N–H and O–H groups in total. The highest BCUT2D eigenvalue weighted by atomic mass is 16.5. The summed E-state index contributed by atoms with van der Waals surface area (Å²) in [5, 5.41) is 5.58. The fraction of sp³-hybridized carbons (Fsp3) is 0.136. The summed E-state index contributed by atoms with van der Waals surface area (Å²) in [7, 11) is 0. The number of hydrogen-bond acceptors (Lipinski definition) is 4. The molecule has 1 heterocycles. The van der Waals surface area contributed by atoms with Crippen molar-refractivity contribution in [2.24, 2.45) is 0 Å². The van der Waals surface area contributed by atoms with Gasteiger partial charge in [0.25, 0.3) is 11.8 Å². The molecule has 0 fully saturated rings. The van der Waals surface area contributed by atoms with Crippen LogP contribution in [-0.4, -0.2) is 23.4 Å². The Labute approximate surface area is 163 Å². The van der Waals surface area contributed by atoms with Crippen molar-refractivity contribution in [1.82, 2.24) is 10.3 Å². The van der Waals surface area contributed by atoms with Crippen LogP contribution in [0.1, 0.15) is 33.5 Å². The fourth-order valence-electron chi connectivity index (χ4n) is 2.59. The normalized spacial score (nSPS) is 10.2. The van der Waals surface area contributed by atoms with Crippen LogP contribution >= 0.6 is 0 Å². The van der Waals surface area contributed by atoms with Gasteiger partial charge in [0.1, 0.15) is 17.1 Å². The van der Waals surface area contributed by atoms with E-state index >= 15 is 0 Å². The van der Waals surface area contributed by atoms with Crippen LogP contribution in [0.15, 0.2) is 72.8 Å². The van der Waals surface area contributed by atoms with E-state index in [4.69, 9.17) is 4.74 Å². The summed E-state index contributed by atoms with van der Waals surface area (Å²) < 4.78 is 5.51. The topological polar surface area (TPSA) is 80.3 Å². The number of benzene rings is 2. The van der Waals surface area contributed by atoms with Crippen molar-refractivity contribution in [3.63, 3.8) is 0 Å². The maximum atomic E-state index is 12.6. The Balaban J connectivity index is 1.68. The van der Waals surface area contributed by atoms with Crippen molar-refractivity contribution in [1.29, 1.82) is 0 Å². The number of anilines is 1. The summed E-state index contributed by atoms with van der Waals surface area (Å²) >= 11 is 0. The lowest BCUT2D eigenvalue weighted by molar-refractivity contribution is 0.0945. The summed E-state index contributed by atoms with van der Waals surface area (Å²) in [6.07, 6.45) is 0. The van der Waals surface area contributed by atoms with Crippen molar-refractivity contribution >= 4 is 17.5 Å². The minimum Gasteiger partial charge on any atom is -0.492 e. The molecule has 142 valence electrons. The third-order valence-corrected chi connectivity index (χ3v) is 3.95. The number of rotatable bonds is 7. The van der Waals surface area contributed by atoms with Gasteiger partial charge in [-0.05, 0) is 36.8 Å². The second-order valence-corrected chi connectivity index (χ2v) is 5.96. The lowest BCUT2D eigenvalue weighted by Gasteiger charge is -2.11. The van der Waals surface area contributed by atoms with Crippen LogP contribution in [0, 0.1) is 0 Å². The van der Waals surface area contributed by atoms with Crippen LogP contribution < -0.4 is 15.4 Å². The zero-order chi connectivity index (χ0) is 19.8. The molecule has 6 nitrogen and oxygen atoms in total. The van der Waals surface area contributed by atoms with Gasteiger partial charge < -0.3 is 15.4 Å². The second-order valence-electron chi connectivity index (χ2n) is 5.96. The Bertz CT molecular complexity index is 958. The second kappa shape index (κ2) is 9.32. The zero-order valence-corrected chi connectivity index (χ0v) is 15.5. The monoisotopic (exact) mass is 375 g/mol. The number of nitrogens with zero attached hydrogens (tertiary/aromatic N) is 1. The first-order valence-electron chi connectivity index (χ1n) is 8.99. The molecule has 0 bridgehead atoms. The Morgan fingerprint density at radius 2 is 1.54 bits per heavy atom. The number of carbonyl (C=O) groups is 2. The minimum atomic E-state index is -0.412. The number of para-hydroxylation sites is 2. The Morgan fingerprint density at radius 3 is 2.29 bits per heavy atom. The summed E-state index contributed by atoms with van der Waals surface area (Å²) in [6.45, 7) is 2.75. The van der Waals surface area contributed by atoms with Gasteiger partial charge in [0, 0.05) is 6.54 Å². The number of pyridine rings is 1. The van der Waals surface area contributed by atoms with Crippen LogP contribution in [0.4, 0.5) is 5.69 Å². The number of ether oxygens (including phenoxy) is 1. The van der Waals surface area contributed by atoms with Gasteiger partial charge in [0.2, 0.25) is 0 Å². The average molecular weight is 375 g/mol. The van der Waals surface area contributed by atoms with Crippen LogP contribution in [0.2, 0.25) is 0 Å². The number of aromatic nitrogens is 1. The molecule has 1 aromatic heterocycles. The molecular formula is C22H21N3O3. The van der Waals surface area contributed by atoms with Gasteiger partial charge in [0.05, 0.1) is 12.3 Å². The zero-order valence-electron chi connectivity index (χ0n) is 15.5. The maximum absolute atomic E-state index is 12.6. The van der Waals surface area contributed by atoms with E-state index in [1.807, 2.05) is 43.3 Å². The van der Waals surface area contributed by atoms with Gasteiger partial charge >= 0.3 is 0 Å². The SMILES string of the molecule is CCOc1ccccc1NC(=O)c1cccc(C(=O)NCc2ccccc2)n1. The van der Waals surface area contributed by atoms with E-state index < -0.39 is 5.91 Å². The van der Waals surface area contributed by atoms with Crippen molar-refractivity contribution in [3.8, 4) is 5.75 Å². The first-order valence-corrected chi connectivity index (χ1v) is 8.99. The highest BCUT2D eigenvalue weighted by Crippen LogP contribution is 2.24.